The number of amides is 1. The van der Waals surface area contributed by atoms with E-state index in [2.05, 4.69) is 63.9 Å². The van der Waals surface area contributed by atoms with Crippen molar-refractivity contribution < 1.29 is 4.79 Å². The van der Waals surface area contributed by atoms with Crippen molar-refractivity contribution in [3.05, 3.63) is 104 Å². The van der Waals surface area contributed by atoms with Crippen LogP contribution in [0, 0.1) is 27.7 Å². The molecule has 1 aliphatic carbocycles. The van der Waals surface area contributed by atoms with Gasteiger partial charge < -0.3 is 5.32 Å². The van der Waals surface area contributed by atoms with Gasteiger partial charge in [-0.3, -0.25) is 4.79 Å². The van der Waals surface area contributed by atoms with Gasteiger partial charge in [-0.1, -0.05) is 81.8 Å². The average molecular weight is 538 g/mol. The monoisotopic (exact) mass is 537 g/mol. The number of carbonyl (C=O) groups is 1. The summed E-state index contributed by atoms with van der Waals surface area (Å²) in [5.41, 5.74) is 10.5. The Morgan fingerprint density at radius 1 is 0.895 bits per heavy atom. The molecule has 3 rings (SSSR count). The van der Waals surface area contributed by atoms with Gasteiger partial charge in [-0.05, 0) is 125 Å². The highest BCUT2D eigenvalue weighted by molar-refractivity contribution is 6.30. The van der Waals surface area contributed by atoms with Crippen LogP contribution in [0.2, 0.25) is 0 Å². The molecule has 1 aliphatic rings. The van der Waals surface area contributed by atoms with Crippen LogP contribution < -0.4 is 5.32 Å². The van der Waals surface area contributed by atoms with E-state index in [1.165, 1.54) is 52.7 Å². The minimum atomic E-state index is 0.00265. The molecule has 2 aromatic rings. The van der Waals surface area contributed by atoms with Crippen molar-refractivity contribution >= 4 is 17.5 Å². The molecule has 0 spiro atoms. The molecule has 0 fully saturated rings. The van der Waals surface area contributed by atoms with Crippen LogP contribution in [0.4, 0.5) is 0 Å². The van der Waals surface area contributed by atoms with Crippen LogP contribution in [0.1, 0.15) is 105 Å². The molecule has 3 heteroatoms. The third kappa shape index (κ3) is 12.3. The van der Waals surface area contributed by atoms with Crippen LogP contribution >= 0.6 is 11.6 Å². The zero-order chi connectivity index (χ0) is 29.3. The first-order valence-corrected chi connectivity index (χ1v) is 14.6. The minimum Gasteiger partial charge on any atom is -0.352 e. The number of nitrogens with one attached hydrogen (secondary N) is 1. The first kappa shape index (κ1) is 35.4. The maximum absolute atomic E-state index is 12.1. The Morgan fingerprint density at radius 2 is 1.55 bits per heavy atom. The van der Waals surface area contributed by atoms with Crippen molar-refractivity contribution in [1.29, 1.82) is 0 Å². The van der Waals surface area contributed by atoms with Crippen LogP contribution in [-0.2, 0) is 6.42 Å². The summed E-state index contributed by atoms with van der Waals surface area (Å²) < 4.78 is 0. The third-order valence-electron chi connectivity index (χ3n) is 6.34. The topological polar surface area (TPSA) is 29.1 Å². The van der Waals surface area contributed by atoms with Crippen molar-refractivity contribution in [3.63, 3.8) is 0 Å². The normalized spacial score (nSPS) is 15.9. The van der Waals surface area contributed by atoms with E-state index in [1.807, 2.05) is 59.7 Å². The van der Waals surface area contributed by atoms with Crippen molar-refractivity contribution in [2.24, 2.45) is 0 Å². The van der Waals surface area contributed by atoms with Crippen LogP contribution in [0.5, 0.6) is 0 Å². The molecule has 0 unspecified atom stereocenters. The fourth-order valence-electron chi connectivity index (χ4n) is 4.17. The number of carbonyl (C=O) groups excluding carboxylic acids is 1. The molecule has 0 heterocycles. The largest absolute Gasteiger partial charge is 0.352 e. The fraction of sp³-hybridized carbons (Fsp3) is 0.457. The van der Waals surface area contributed by atoms with Crippen molar-refractivity contribution in [2.75, 3.05) is 6.54 Å². The molecular formula is C35H52ClNO. The molecule has 0 atom stereocenters. The van der Waals surface area contributed by atoms with Crippen LogP contribution in [0.3, 0.4) is 0 Å². The lowest BCUT2D eigenvalue weighted by atomic mass is 9.95. The number of aryl methyl sites for hydroxylation is 4. The van der Waals surface area contributed by atoms with Gasteiger partial charge in [0.25, 0.3) is 5.91 Å². The number of hydrogen-bond acceptors (Lipinski definition) is 1. The van der Waals surface area contributed by atoms with Gasteiger partial charge in [-0.15, -0.1) is 0 Å². The predicted octanol–water partition coefficient (Wildman–Crippen LogP) is 10.5. The number of rotatable bonds is 5. The number of allylic oxidation sites excluding steroid dienone is 5. The lowest BCUT2D eigenvalue weighted by Crippen LogP contribution is -2.26. The molecule has 1 amide bonds. The Kier molecular flexibility index (Phi) is 18.2. The molecule has 0 saturated heterocycles. The molecule has 0 aliphatic heterocycles. The van der Waals surface area contributed by atoms with E-state index in [0.717, 1.165) is 34.6 Å². The SMILES string of the molecule is C=C(C)C1=C(\Cl)CCCC/C=C\1C.CC.CC.Cc1ccc(CCNC(=O)c2ccc(C)c(C)c2)c(C)c1. The molecular weight excluding hydrogens is 486 g/mol. The van der Waals surface area contributed by atoms with E-state index in [-0.39, 0.29) is 5.91 Å². The second-order valence-electron chi connectivity index (χ2n) is 9.43. The summed E-state index contributed by atoms with van der Waals surface area (Å²) >= 11 is 6.23. The maximum atomic E-state index is 12.1. The molecule has 0 bridgehead atoms. The highest BCUT2D eigenvalue weighted by atomic mass is 35.5. The van der Waals surface area contributed by atoms with Gasteiger partial charge in [-0.2, -0.15) is 0 Å². The Morgan fingerprint density at radius 3 is 2.13 bits per heavy atom. The molecule has 38 heavy (non-hydrogen) atoms. The van der Waals surface area contributed by atoms with Gasteiger partial charge in [0.2, 0.25) is 0 Å². The Balaban J connectivity index is 0.000000692. The smallest absolute Gasteiger partial charge is 0.251 e. The lowest BCUT2D eigenvalue weighted by molar-refractivity contribution is 0.0954. The molecule has 2 nitrogen and oxygen atoms in total. The van der Waals surface area contributed by atoms with Crippen molar-refractivity contribution in [3.8, 4) is 0 Å². The van der Waals surface area contributed by atoms with E-state index >= 15 is 0 Å². The van der Waals surface area contributed by atoms with Crippen LogP contribution in [0.15, 0.2) is 70.8 Å². The van der Waals surface area contributed by atoms with Gasteiger partial charge in [0.05, 0.1) is 0 Å². The zero-order valence-electron chi connectivity index (χ0n) is 25.8. The number of halogens is 1. The molecule has 0 radical (unpaired) electrons. The van der Waals surface area contributed by atoms with Gasteiger partial charge in [0.15, 0.2) is 0 Å². The summed E-state index contributed by atoms with van der Waals surface area (Å²) in [4.78, 5) is 12.1. The van der Waals surface area contributed by atoms with Gasteiger partial charge in [0.1, 0.15) is 0 Å². The standard InChI is InChI=1S/C19H23NO.C12H17Cl.2C2H6/c1-13-5-7-17(16(4)11-13)9-10-20-19(21)18-8-6-14(2)15(3)12-18;1-9(2)12-10(3)7-5-4-6-8-11(12)13;2*1-2/h5-8,11-12H,9-10H2,1-4H3,(H,20,21);7H,1,4-6,8H2,2-3H3;2*1-2H3/b;10-7-,12-11+;;. The molecule has 0 saturated carbocycles. The summed E-state index contributed by atoms with van der Waals surface area (Å²) in [6.07, 6.45) is 7.76. The summed E-state index contributed by atoms with van der Waals surface area (Å²) in [6.45, 7) is 25.1. The Bertz CT molecular complexity index is 1090. The van der Waals surface area contributed by atoms with Gasteiger partial charge >= 0.3 is 0 Å². The lowest BCUT2D eigenvalue weighted by Gasteiger charge is -2.14. The molecule has 2 aromatic carbocycles. The molecule has 0 aromatic heterocycles. The van der Waals surface area contributed by atoms with E-state index in [0.29, 0.717) is 6.54 Å². The summed E-state index contributed by atoms with van der Waals surface area (Å²) in [7, 11) is 0. The van der Waals surface area contributed by atoms with E-state index in [9.17, 15) is 4.79 Å². The van der Waals surface area contributed by atoms with E-state index in [4.69, 9.17) is 11.6 Å². The second kappa shape index (κ2) is 19.5. The van der Waals surface area contributed by atoms with Crippen LogP contribution in [-0.4, -0.2) is 12.5 Å². The molecule has 1 N–H and O–H groups in total. The van der Waals surface area contributed by atoms with Gasteiger partial charge in [0, 0.05) is 17.1 Å². The molecule has 210 valence electrons. The maximum Gasteiger partial charge on any atom is 0.251 e. The Hall–Kier alpha value is -2.58. The minimum absolute atomic E-state index is 0.00265. The van der Waals surface area contributed by atoms with Crippen LogP contribution in [0.25, 0.3) is 0 Å². The first-order valence-electron chi connectivity index (χ1n) is 14.2. The van der Waals surface area contributed by atoms with E-state index < -0.39 is 0 Å². The third-order valence-corrected chi connectivity index (χ3v) is 6.72. The average Bonchev–Trinajstić information content (AvgIpc) is 2.88. The fourth-order valence-corrected chi connectivity index (χ4v) is 4.62. The van der Waals surface area contributed by atoms with Gasteiger partial charge in [-0.25, -0.2) is 0 Å². The highest BCUT2D eigenvalue weighted by Gasteiger charge is 2.10. The quantitative estimate of drug-likeness (QED) is 0.403. The number of hydrogen-bond donors (Lipinski definition) is 1. The number of benzene rings is 2. The second-order valence-corrected chi connectivity index (χ2v) is 9.88. The van der Waals surface area contributed by atoms with Crippen molar-refractivity contribution in [1.82, 2.24) is 5.32 Å². The van der Waals surface area contributed by atoms with Crippen molar-refractivity contribution in [2.45, 2.75) is 101 Å². The predicted molar refractivity (Wildman–Crippen MR) is 170 cm³/mol. The Labute approximate surface area is 239 Å². The summed E-state index contributed by atoms with van der Waals surface area (Å²) in [6, 6.07) is 12.3. The highest BCUT2D eigenvalue weighted by Crippen LogP contribution is 2.30. The zero-order valence-corrected chi connectivity index (χ0v) is 26.5. The first-order chi connectivity index (χ1) is 18.1. The van der Waals surface area contributed by atoms with E-state index in [1.54, 1.807) is 0 Å². The summed E-state index contributed by atoms with van der Waals surface area (Å²) in [5.74, 6) is 0.00265. The summed E-state index contributed by atoms with van der Waals surface area (Å²) in [5, 5.41) is 3.98.